The van der Waals surface area contributed by atoms with Gasteiger partial charge >= 0.3 is 5.97 Å². The Labute approximate surface area is 141 Å². The summed E-state index contributed by atoms with van der Waals surface area (Å²) in [6, 6.07) is 5.72. The molecule has 0 fully saturated rings. The van der Waals surface area contributed by atoms with Crippen LogP contribution in [0.25, 0.3) is 0 Å². The highest BCUT2D eigenvalue weighted by Crippen LogP contribution is 2.36. The van der Waals surface area contributed by atoms with Crippen molar-refractivity contribution in [2.75, 3.05) is 12.9 Å². The van der Waals surface area contributed by atoms with Crippen LogP contribution in [0.4, 0.5) is 0 Å². The third kappa shape index (κ3) is 3.96. The lowest BCUT2D eigenvalue weighted by Gasteiger charge is -2.25. The number of thioether (sulfide) groups is 1. The van der Waals surface area contributed by atoms with Gasteiger partial charge in [0.15, 0.2) is 0 Å². The van der Waals surface area contributed by atoms with Crippen LogP contribution < -0.4 is 0 Å². The van der Waals surface area contributed by atoms with Crippen LogP contribution in [0, 0.1) is 0 Å². The predicted octanol–water partition coefficient (Wildman–Crippen LogP) is 5.16. The molecule has 118 valence electrons. The number of ether oxygens (including phenoxy) is 1. The average Bonchev–Trinajstić information content (AvgIpc) is 2.53. The van der Waals surface area contributed by atoms with Crippen molar-refractivity contribution >= 4 is 29.3 Å². The third-order valence-electron chi connectivity index (χ3n) is 3.78. The molecular weight excluding hydrogens is 316 g/mol. The minimum atomic E-state index is -0.723. The van der Waals surface area contributed by atoms with Gasteiger partial charge in [-0.1, -0.05) is 29.8 Å². The van der Waals surface area contributed by atoms with Crippen molar-refractivity contribution in [3.8, 4) is 0 Å². The van der Waals surface area contributed by atoms with Crippen molar-refractivity contribution in [1.29, 1.82) is 0 Å². The molecule has 0 saturated heterocycles. The first-order valence-electron chi connectivity index (χ1n) is 7.32. The fourth-order valence-electron chi connectivity index (χ4n) is 2.42. The van der Waals surface area contributed by atoms with Crippen molar-refractivity contribution < 1.29 is 9.53 Å². The van der Waals surface area contributed by atoms with E-state index in [1.807, 2.05) is 32.0 Å². The largest absolute Gasteiger partial charge is 0.468 e. The van der Waals surface area contributed by atoms with Crippen molar-refractivity contribution in [2.24, 2.45) is 0 Å². The lowest BCUT2D eigenvalue weighted by atomic mass is 9.85. The molecule has 1 aromatic rings. The van der Waals surface area contributed by atoms with Crippen LogP contribution in [0.2, 0.25) is 5.02 Å². The second-order valence-electron chi connectivity index (χ2n) is 5.80. The molecule has 0 aliphatic heterocycles. The number of rotatable bonds is 5. The van der Waals surface area contributed by atoms with E-state index >= 15 is 0 Å². The second-order valence-corrected chi connectivity index (χ2v) is 7.26. The van der Waals surface area contributed by atoms with Crippen LogP contribution >= 0.6 is 23.4 Å². The topological polar surface area (TPSA) is 26.3 Å². The zero-order valence-corrected chi connectivity index (χ0v) is 14.8. The molecule has 0 atom stereocenters. The molecule has 1 aromatic carbocycles. The molecule has 0 unspecified atom stereocenters. The van der Waals surface area contributed by atoms with E-state index in [-0.39, 0.29) is 5.97 Å². The predicted molar refractivity (Wildman–Crippen MR) is 93.7 cm³/mol. The molecular formula is C18H21ClO2S. The van der Waals surface area contributed by atoms with E-state index in [4.69, 9.17) is 16.3 Å². The molecule has 0 amide bonds. The highest BCUT2D eigenvalue weighted by atomic mass is 35.5. The molecule has 0 bridgehead atoms. The lowest BCUT2D eigenvalue weighted by molar-refractivity contribution is -0.146. The van der Waals surface area contributed by atoms with Crippen LogP contribution in [-0.4, -0.2) is 18.8 Å². The van der Waals surface area contributed by atoms with Crippen molar-refractivity contribution in [3.05, 3.63) is 52.6 Å². The molecule has 1 aliphatic rings. The van der Waals surface area contributed by atoms with Gasteiger partial charge < -0.3 is 4.74 Å². The van der Waals surface area contributed by atoms with Gasteiger partial charge in [-0.3, -0.25) is 4.79 Å². The van der Waals surface area contributed by atoms with Gasteiger partial charge in [-0.05, 0) is 56.0 Å². The molecule has 1 aliphatic carbocycles. The molecule has 0 heterocycles. The van der Waals surface area contributed by atoms with Crippen LogP contribution in [-0.2, 0) is 14.9 Å². The standard InChI is InChI=1S/C18H21ClO2S/c1-18(2,17(20)21-3)15-11-14(19)9-10-16(15)22-12-13-7-5-4-6-8-13/h5,7-11H,4,6,12H2,1-3H3. The minimum absolute atomic E-state index is 0.256. The van der Waals surface area contributed by atoms with E-state index in [0.29, 0.717) is 5.02 Å². The Kier molecular flexibility index (Phi) is 5.76. The van der Waals surface area contributed by atoms with Gasteiger partial charge in [-0.25, -0.2) is 0 Å². The Balaban J connectivity index is 2.26. The molecule has 22 heavy (non-hydrogen) atoms. The fraction of sp³-hybridized carbons (Fsp3) is 0.389. The molecule has 0 radical (unpaired) electrons. The normalized spacial score (nSPS) is 14.6. The Morgan fingerprint density at radius 2 is 2.14 bits per heavy atom. The molecule has 2 nitrogen and oxygen atoms in total. The minimum Gasteiger partial charge on any atom is -0.468 e. The Hall–Kier alpha value is -1.19. The Morgan fingerprint density at radius 1 is 1.36 bits per heavy atom. The lowest BCUT2D eigenvalue weighted by Crippen LogP contribution is -2.30. The van der Waals surface area contributed by atoms with Crippen molar-refractivity contribution in [1.82, 2.24) is 0 Å². The summed E-state index contributed by atoms with van der Waals surface area (Å²) >= 11 is 7.87. The number of esters is 1. The van der Waals surface area contributed by atoms with E-state index in [9.17, 15) is 4.79 Å². The summed E-state index contributed by atoms with van der Waals surface area (Å²) in [4.78, 5) is 13.2. The summed E-state index contributed by atoms with van der Waals surface area (Å²) in [5.74, 6) is 0.635. The van der Waals surface area contributed by atoms with E-state index < -0.39 is 5.41 Å². The smallest absolute Gasteiger partial charge is 0.315 e. The number of carbonyl (C=O) groups is 1. The summed E-state index contributed by atoms with van der Waals surface area (Å²) in [6.45, 7) is 3.74. The van der Waals surface area contributed by atoms with Crippen LogP contribution in [0.5, 0.6) is 0 Å². The Bertz CT molecular complexity index is 618. The van der Waals surface area contributed by atoms with E-state index in [2.05, 4.69) is 18.2 Å². The number of hydrogen-bond acceptors (Lipinski definition) is 3. The summed E-state index contributed by atoms with van der Waals surface area (Å²) in [7, 11) is 1.42. The molecule has 0 saturated carbocycles. The number of carbonyl (C=O) groups excluding carboxylic acids is 1. The third-order valence-corrected chi connectivity index (χ3v) is 5.16. The first-order chi connectivity index (χ1) is 10.4. The van der Waals surface area contributed by atoms with Crippen LogP contribution in [0.15, 0.2) is 46.9 Å². The molecule has 0 aromatic heterocycles. The molecule has 4 heteroatoms. The maximum Gasteiger partial charge on any atom is 0.315 e. The maximum absolute atomic E-state index is 12.1. The van der Waals surface area contributed by atoms with Crippen molar-refractivity contribution in [2.45, 2.75) is 37.0 Å². The van der Waals surface area contributed by atoms with E-state index in [0.717, 1.165) is 29.1 Å². The molecule has 0 N–H and O–H groups in total. The quantitative estimate of drug-likeness (QED) is 0.549. The molecule has 0 spiro atoms. The van der Waals surface area contributed by atoms with Crippen molar-refractivity contribution in [3.63, 3.8) is 0 Å². The summed E-state index contributed by atoms with van der Waals surface area (Å²) < 4.78 is 4.94. The SMILES string of the molecule is COC(=O)C(C)(C)c1cc(Cl)ccc1SCC1=CCCC=C1. The average molecular weight is 337 g/mol. The first kappa shape index (κ1) is 17.2. The van der Waals surface area contributed by atoms with Crippen LogP contribution in [0.1, 0.15) is 32.3 Å². The van der Waals surface area contributed by atoms with Gasteiger partial charge in [0.1, 0.15) is 0 Å². The number of halogens is 1. The zero-order valence-electron chi connectivity index (χ0n) is 13.2. The van der Waals surface area contributed by atoms with Gasteiger partial charge in [-0.2, -0.15) is 0 Å². The van der Waals surface area contributed by atoms with Gasteiger partial charge in [0.25, 0.3) is 0 Å². The Morgan fingerprint density at radius 3 is 2.77 bits per heavy atom. The summed E-state index contributed by atoms with van der Waals surface area (Å²) in [6.07, 6.45) is 8.88. The van der Waals surface area contributed by atoms with E-state index in [1.165, 1.54) is 12.7 Å². The van der Waals surface area contributed by atoms with Gasteiger partial charge in [-0.15, -0.1) is 11.8 Å². The highest BCUT2D eigenvalue weighted by molar-refractivity contribution is 7.99. The maximum atomic E-state index is 12.1. The van der Waals surface area contributed by atoms with Crippen LogP contribution in [0.3, 0.4) is 0 Å². The second kappa shape index (κ2) is 7.38. The highest BCUT2D eigenvalue weighted by Gasteiger charge is 2.33. The first-order valence-corrected chi connectivity index (χ1v) is 8.68. The van der Waals surface area contributed by atoms with Gasteiger partial charge in [0, 0.05) is 15.7 Å². The zero-order chi connectivity index (χ0) is 16.2. The number of allylic oxidation sites excluding steroid dienone is 3. The summed E-state index contributed by atoms with van der Waals surface area (Å²) in [5.41, 5.74) is 1.52. The monoisotopic (exact) mass is 336 g/mol. The molecule has 2 rings (SSSR count). The summed E-state index contributed by atoms with van der Waals surface area (Å²) in [5, 5.41) is 0.633. The number of hydrogen-bond donors (Lipinski definition) is 0. The van der Waals surface area contributed by atoms with Gasteiger partial charge in [0.2, 0.25) is 0 Å². The number of benzene rings is 1. The number of methoxy groups -OCH3 is 1. The fourth-order valence-corrected chi connectivity index (χ4v) is 3.76. The van der Waals surface area contributed by atoms with E-state index in [1.54, 1.807) is 11.8 Å². The van der Waals surface area contributed by atoms with Gasteiger partial charge in [0.05, 0.1) is 12.5 Å².